The van der Waals surface area contributed by atoms with E-state index in [4.69, 9.17) is 0 Å². The Kier molecular flexibility index (Phi) is 4.13. The molecule has 0 spiro atoms. The van der Waals surface area contributed by atoms with Crippen LogP contribution in [0.25, 0.3) is 11.1 Å². The second-order valence-electron chi connectivity index (χ2n) is 4.32. The topological polar surface area (TPSA) is 97.5 Å². The summed E-state index contributed by atoms with van der Waals surface area (Å²) in [6.45, 7) is 1.70. The molecule has 8 heteroatoms. The first-order valence-electron chi connectivity index (χ1n) is 5.74. The van der Waals surface area contributed by atoms with Gasteiger partial charge in [0.15, 0.2) is 0 Å². The number of nitro benzene ring substituents is 1. The maximum absolute atomic E-state index is 11.4. The van der Waals surface area contributed by atoms with Crippen LogP contribution in [0.15, 0.2) is 45.8 Å². The van der Waals surface area contributed by atoms with Crippen molar-refractivity contribution in [3.63, 3.8) is 0 Å². The highest BCUT2D eigenvalue weighted by Crippen LogP contribution is 2.40. The minimum Gasteiger partial charge on any atom is -0.282 e. The fraction of sp³-hybridized carbons (Fsp3) is 0.0769. The number of hydrogen-bond donors (Lipinski definition) is 1. The molecule has 0 heterocycles. The van der Waals surface area contributed by atoms with Gasteiger partial charge in [0.2, 0.25) is 0 Å². The predicted molar refractivity (Wildman–Crippen MR) is 80.8 cm³/mol. The predicted octanol–water partition coefficient (Wildman–Crippen LogP) is 3.58. The standard InChI is InChI=1S/C13H10BrNO5S/c1-8-6-7-11(21(18,19)20)13(14)12(8)9-4-2-3-5-10(9)15(16)17/h2-7H,1H3,(H,18,19,20). The van der Waals surface area contributed by atoms with Crippen LogP contribution in [0.5, 0.6) is 0 Å². The van der Waals surface area contributed by atoms with E-state index in [1.807, 2.05) is 0 Å². The van der Waals surface area contributed by atoms with E-state index in [0.717, 1.165) is 0 Å². The van der Waals surface area contributed by atoms with Crippen molar-refractivity contribution in [1.82, 2.24) is 0 Å². The molecule has 2 aromatic carbocycles. The van der Waals surface area contributed by atoms with Crippen molar-refractivity contribution in [2.45, 2.75) is 11.8 Å². The van der Waals surface area contributed by atoms with Crippen LogP contribution in [0.2, 0.25) is 0 Å². The molecule has 110 valence electrons. The van der Waals surface area contributed by atoms with Crippen LogP contribution in [0.3, 0.4) is 0 Å². The number of benzene rings is 2. The van der Waals surface area contributed by atoms with Crippen LogP contribution in [-0.4, -0.2) is 17.9 Å². The largest absolute Gasteiger partial charge is 0.295 e. The molecule has 0 saturated heterocycles. The van der Waals surface area contributed by atoms with Gasteiger partial charge in [-0.1, -0.05) is 18.2 Å². The average Bonchev–Trinajstić information content (AvgIpc) is 2.37. The highest BCUT2D eigenvalue weighted by Gasteiger charge is 2.23. The zero-order chi connectivity index (χ0) is 15.8. The molecule has 0 saturated carbocycles. The van der Waals surface area contributed by atoms with Gasteiger partial charge in [-0.25, -0.2) is 0 Å². The van der Waals surface area contributed by atoms with Crippen LogP contribution < -0.4 is 0 Å². The Morgan fingerprint density at radius 3 is 2.38 bits per heavy atom. The Balaban J connectivity index is 2.85. The summed E-state index contributed by atoms with van der Waals surface area (Å²) < 4.78 is 32.0. The first-order chi connectivity index (χ1) is 9.73. The fourth-order valence-electron chi connectivity index (χ4n) is 2.03. The van der Waals surface area contributed by atoms with Gasteiger partial charge in [0, 0.05) is 16.1 Å². The number of halogens is 1. The first-order valence-corrected chi connectivity index (χ1v) is 7.97. The summed E-state index contributed by atoms with van der Waals surface area (Å²) in [7, 11) is -4.43. The Morgan fingerprint density at radius 2 is 1.81 bits per heavy atom. The van der Waals surface area contributed by atoms with E-state index < -0.39 is 15.0 Å². The summed E-state index contributed by atoms with van der Waals surface area (Å²) in [5.74, 6) is 0. The monoisotopic (exact) mass is 371 g/mol. The summed E-state index contributed by atoms with van der Waals surface area (Å²) in [5, 5.41) is 11.1. The van der Waals surface area contributed by atoms with E-state index in [1.54, 1.807) is 13.0 Å². The van der Waals surface area contributed by atoms with Gasteiger partial charge in [-0.3, -0.25) is 14.7 Å². The highest BCUT2D eigenvalue weighted by atomic mass is 79.9. The van der Waals surface area contributed by atoms with Gasteiger partial charge < -0.3 is 0 Å². The van der Waals surface area contributed by atoms with E-state index >= 15 is 0 Å². The Morgan fingerprint density at radius 1 is 1.19 bits per heavy atom. The van der Waals surface area contributed by atoms with Gasteiger partial charge in [0.25, 0.3) is 15.8 Å². The number of rotatable bonds is 3. The third kappa shape index (κ3) is 2.97. The Labute approximate surface area is 129 Å². The lowest BCUT2D eigenvalue weighted by atomic mass is 9.99. The lowest BCUT2D eigenvalue weighted by Gasteiger charge is -2.12. The normalized spacial score (nSPS) is 11.4. The highest BCUT2D eigenvalue weighted by molar-refractivity contribution is 9.10. The van der Waals surface area contributed by atoms with Crippen LogP contribution in [0, 0.1) is 17.0 Å². The Hall–Kier alpha value is -1.77. The number of nitro groups is 1. The molecular weight excluding hydrogens is 362 g/mol. The van der Waals surface area contributed by atoms with Crippen LogP contribution in [0.1, 0.15) is 5.56 Å². The van der Waals surface area contributed by atoms with E-state index in [-0.39, 0.29) is 20.6 Å². The van der Waals surface area contributed by atoms with Crippen molar-refractivity contribution in [3.8, 4) is 11.1 Å². The molecule has 0 bridgehead atoms. The van der Waals surface area contributed by atoms with Crippen molar-refractivity contribution in [2.24, 2.45) is 0 Å². The summed E-state index contributed by atoms with van der Waals surface area (Å²) >= 11 is 3.13. The second-order valence-corrected chi connectivity index (χ2v) is 6.50. The molecule has 1 N–H and O–H groups in total. The summed E-state index contributed by atoms with van der Waals surface area (Å²) in [4.78, 5) is 10.2. The van der Waals surface area contributed by atoms with Crippen molar-refractivity contribution >= 4 is 31.7 Å². The molecule has 2 rings (SSSR count). The molecule has 2 aromatic rings. The zero-order valence-electron chi connectivity index (χ0n) is 10.8. The smallest absolute Gasteiger partial charge is 0.282 e. The number of nitrogens with zero attached hydrogens (tertiary/aromatic N) is 1. The van der Waals surface area contributed by atoms with E-state index in [0.29, 0.717) is 11.1 Å². The van der Waals surface area contributed by atoms with E-state index in [1.165, 1.54) is 30.3 Å². The van der Waals surface area contributed by atoms with Gasteiger partial charge in [-0.05, 0) is 40.5 Å². The molecule has 6 nitrogen and oxygen atoms in total. The molecule has 0 atom stereocenters. The van der Waals surface area contributed by atoms with Gasteiger partial charge in [-0.2, -0.15) is 8.42 Å². The summed E-state index contributed by atoms with van der Waals surface area (Å²) in [5.41, 5.74) is 1.13. The Bertz CT molecular complexity index is 832. The second kappa shape index (κ2) is 5.55. The van der Waals surface area contributed by atoms with Crippen LogP contribution in [0.4, 0.5) is 5.69 Å². The van der Waals surface area contributed by atoms with Gasteiger partial charge in [0.05, 0.1) is 10.5 Å². The van der Waals surface area contributed by atoms with Crippen molar-refractivity contribution in [1.29, 1.82) is 0 Å². The van der Waals surface area contributed by atoms with Crippen molar-refractivity contribution in [2.75, 3.05) is 0 Å². The third-order valence-corrected chi connectivity index (χ3v) is 4.94. The molecule has 0 aliphatic rings. The molecule has 0 amide bonds. The molecule has 0 radical (unpaired) electrons. The van der Waals surface area contributed by atoms with Crippen LogP contribution >= 0.6 is 15.9 Å². The zero-order valence-corrected chi connectivity index (χ0v) is 13.2. The minimum absolute atomic E-state index is 0.0966. The van der Waals surface area contributed by atoms with Crippen LogP contribution in [-0.2, 0) is 10.1 Å². The quantitative estimate of drug-likeness (QED) is 0.505. The van der Waals surface area contributed by atoms with E-state index in [9.17, 15) is 23.1 Å². The number of para-hydroxylation sites is 1. The van der Waals surface area contributed by atoms with Gasteiger partial charge in [-0.15, -0.1) is 0 Å². The minimum atomic E-state index is -4.43. The fourth-order valence-corrected chi connectivity index (χ4v) is 3.87. The van der Waals surface area contributed by atoms with Gasteiger partial charge in [0.1, 0.15) is 4.90 Å². The summed E-state index contributed by atoms with van der Waals surface area (Å²) in [6, 6.07) is 8.74. The molecule has 0 aromatic heterocycles. The van der Waals surface area contributed by atoms with Crippen molar-refractivity contribution < 1.29 is 17.9 Å². The maximum atomic E-state index is 11.4. The molecule has 0 unspecified atom stereocenters. The SMILES string of the molecule is Cc1ccc(S(=O)(=O)O)c(Br)c1-c1ccccc1[N+](=O)[O-]. The molecule has 0 aliphatic heterocycles. The van der Waals surface area contributed by atoms with Gasteiger partial charge >= 0.3 is 0 Å². The molecule has 21 heavy (non-hydrogen) atoms. The molecular formula is C13H10BrNO5S. The molecule has 0 fully saturated rings. The summed E-state index contributed by atoms with van der Waals surface area (Å²) in [6.07, 6.45) is 0. The molecule has 0 aliphatic carbocycles. The first kappa shape index (κ1) is 15.6. The lowest BCUT2D eigenvalue weighted by molar-refractivity contribution is -0.384. The number of hydrogen-bond acceptors (Lipinski definition) is 4. The third-order valence-electron chi connectivity index (χ3n) is 2.96. The number of aryl methyl sites for hydroxylation is 1. The van der Waals surface area contributed by atoms with E-state index in [2.05, 4.69) is 15.9 Å². The maximum Gasteiger partial charge on any atom is 0.295 e. The lowest BCUT2D eigenvalue weighted by Crippen LogP contribution is -2.02. The average molecular weight is 372 g/mol. The van der Waals surface area contributed by atoms with Crippen molar-refractivity contribution in [3.05, 3.63) is 56.5 Å².